The van der Waals surface area contributed by atoms with Crippen molar-refractivity contribution in [1.82, 2.24) is 9.78 Å². The predicted molar refractivity (Wildman–Crippen MR) is 85.7 cm³/mol. The largest absolute Gasteiger partial charge is 0.421 e. The molecule has 5 nitrogen and oxygen atoms in total. The topological polar surface area (TPSA) is 51.3 Å². The zero-order valence-corrected chi connectivity index (χ0v) is 13.3. The van der Waals surface area contributed by atoms with Crippen molar-refractivity contribution in [3.05, 3.63) is 32.9 Å². The van der Waals surface area contributed by atoms with Crippen LogP contribution in [-0.4, -0.2) is 22.9 Å². The van der Waals surface area contributed by atoms with Gasteiger partial charge in [0.25, 0.3) is 0 Å². The summed E-state index contributed by atoms with van der Waals surface area (Å²) >= 11 is 6.33. The van der Waals surface area contributed by atoms with Crippen LogP contribution >= 0.6 is 11.6 Å². The average molecular weight is 320 g/mol. The zero-order chi connectivity index (χ0) is 15.3. The summed E-state index contributed by atoms with van der Waals surface area (Å²) in [4.78, 5) is 14.5. The Balaban J connectivity index is 1.93. The van der Waals surface area contributed by atoms with Crippen LogP contribution in [0.1, 0.15) is 30.5 Å². The summed E-state index contributed by atoms with van der Waals surface area (Å²) in [5.74, 6) is 0.657. The molecule has 1 aliphatic heterocycles. The second kappa shape index (κ2) is 5.16. The van der Waals surface area contributed by atoms with Gasteiger partial charge in [-0.1, -0.05) is 11.6 Å². The van der Waals surface area contributed by atoms with Crippen LogP contribution in [0.4, 0.5) is 5.69 Å². The van der Waals surface area contributed by atoms with E-state index >= 15 is 0 Å². The van der Waals surface area contributed by atoms with Crippen LogP contribution in [-0.2, 0) is 19.9 Å². The highest BCUT2D eigenvalue weighted by Gasteiger charge is 2.30. The Bertz CT molecular complexity index is 787. The minimum Gasteiger partial charge on any atom is -0.421 e. The van der Waals surface area contributed by atoms with Crippen molar-refractivity contribution in [3.63, 3.8) is 0 Å². The zero-order valence-electron chi connectivity index (χ0n) is 12.6. The van der Waals surface area contributed by atoms with Gasteiger partial charge >= 0.3 is 5.63 Å². The van der Waals surface area contributed by atoms with E-state index in [9.17, 15) is 4.79 Å². The molecule has 0 saturated carbocycles. The third-order valence-corrected chi connectivity index (χ3v) is 5.07. The van der Waals surface area contributed by atoms with Gasteiger partial charge in [-0.3, -0.25) is 4.68 Å². The molecule has 1 fully saturated rings. The molecule has 0 radical (unpaired) electrons. The number of anilines is 1. The van der Waals surface area contributed by atoms with Crippen LogP contribution in [0.5, 0.6) is 0 Å². The molecule has 0 bridgehead atoms. The van der Waals surface area contributed by atoms with E-state index in [0.29, 0.717) is 5.76 Å². The van der Waals surface area contributed by atoms with Crippen LogP contribution in [0.2, 0.25) is 5.02 Å². The minimum absolute atomic E-state index is 0.230. The molecule has 0 spiro atoms. The monoisotopic (exact) mass is 319 g/mol. The molecule has 1 saturated heterocycles. The Kier molecular flexibility index (Phi) is 3.26. The maximum Gasteiger partial charge on any atom is 0.357 e. The number of halogens is 1. The molecule has 1 aliphatic carbocycles. The van der Waals surface area contributed by atoms with E-state index in [0.717, 1.165) is 61.3 Å². The fraction of sp³-hybridized carbons (Fsp3) is 0.500. The number of fused-ring (bicyclic) bond motifs is 3. The van der Waals surface area contributed by atoms with E-state index in [-0.39, 0.29) is 5.02 Å². The number of hydrogen-bond donors (Lipinski definition) is 0. The lowest BCUT2D eigenvalue weighted by Crippen LogP contribution is -2.32. The standard InChI is InChI=1S/C16H18ClN3O2/c1-19-12-6-5-10-14(20-7-3-2-4-8-20)13(17)16(21)22-15(10)11(12)9-18-19/h9H,2-8H2,1H3. The first-order chi connectivity index (χ1) is 10.7. The van der Waals surface area contributed by atoms with Crippen molar-refractivity contribution in [1.29, 1.82) is 0 Å². The molecule has 6 heteroatoms. The first kappa shape index (κ1) is 13.9. The van der Waals surface area contributed by atoms with Crippen molar-refractivity contribution < 1.29 is 4.42 Å². The first-order valence-corrected chi connectivity index (χ1v) is 8.16. The summed E-state index contributed by atoms with van der Waals surface area (Å²) in [6.45, 7) is 1.91. The van der Waals surface area contributed by atoms with Crippen LogP contribution in [0, 0.1) is 0 Å². The van der Waals surface area contributed by atoms with Crippen molar-refractivity contribution in [2.75, 3.05) is 18.0 Å². The van der Waals surface area contributed by atoms with E-state index in [2.05, 4.69) is 10.00 Å². The van der Waals surface area contributed by atoms with E-state index in [1.54, 1.807) is 6.20 Å². The van der Waals surface area contributed by atoms with Gasteiger partial charge in [-0.25, -0.2) is 4.79 Å². The van der Waals surface area contributed by atoms with Crippen molar-refractivity contribution in [2.45, 2.75) is 32.1 Å². The Morgan fingerprint density at radius 2 is 2.00 bits per heavy atom. The molecular formula is C16H18ClN3O2. The van der Waals surface area contributed by atoms with Crippen molar-refractivity contribution in [2.24, 2.45) is 7.05 Å². The van der Waals surface area contributed by atoms with Gasteiger partial charge in [-0.05, 0) is 32.1 Å². The lowest BCUT2D eigenvalue weighted by Gasteiger charge is -2.32. The Hall–Kier alpha value is -1.75. The summed E-state index contributed by atoms with van der Waals surface area (Å²) in [7, 11) is 1.92. The van der Waals surface area contributed by atoms with E-state index in [1.807, 2.05) is 11.7 Å². The molecule has 22 heavy (non-hydrogen) atoms. The quantitative estimate of drug-likeness (QED) is 0.811. The predicted octanol–water partition coefficient (Wildman–Crippen LogP) is 2.78. The number of nitrogens with zero attached hydrogens (tertiary/aromatic N) is 3. The average Bonchev–Trinajstić information content (AvgIpc) is 2.91. The Morgan fingerprint density at radius 1 is 1.23 bits per heavy atom. The van der Waals surface area contributed by atoms with Gasteiger partial charge in [0.1, 0.15) is 10.8 Å². The Labute approximate surface area is 133 Å². The number of piperidine rings is 1. The summed E-state index contributed by atoms with van der Waals surface area (Å²) in [5.41, 5.74) is 3.55. The van der Waals surface area contributed by atoms with Crippen molar-refractivity contribution in [3.8, 4) is 11.3 Å². The van der Waals surface area contributed by atoms with Gasteiger partial charge in [-0.15, -0.1) is 0 Å². The summed E-state index contributed by atoms with van der Waals surface area (Å²) in [5, 5.41) is 4.53. The molecule has 0 aromatic carbocycles. The van der Waals surface area contributed by atoms with Gasteiger partial charge in [-0.2, -0.15) is 5.10 Å². The second-order valence-corrected chi connectivity index (χ2v) is 6.41. The highest BCUT2D eigenvalue weighted by molar-refractivity contribution is 6.33. The van der Waals surface area contributed by atoms with Gasteiger partial charge < -0.3 is 9.32 Å². The maximum absolute atomic E-state index is 12.2. The smallest absolute Gasteiger partial charge is 0.357 e. The molecule has 4 rings (SSSR count). The third kappa shape index (κ3) is 1.99. The van der Waals surface area contributed by atoms with E-state index in [1.165, 1.54) is 6.42 Å². The van der Waals surface area contributed by atoms with Gasteiger partial charge in [0, 0.05) is 31.4 Å². The molecule has 2 aliphatic rings. The Morgan fingerprint density at radius 3 is 2.77 bits per heavy atom. The van der Waals surface area contributed by atoms with E-state index in [4.69, 9.17) is 16.0 Å². The first-order valence-electron chi connectivity index (χ1n) is 7.78. The van der Waals surface area contributed by atoms with Gasteiger partial charge in [0.05, 0.1) is 17.4 Å². The molecular weight excluding hydrogens is 302 g/mol. The fourth-order valence-electron chi connectivity index (χ4n) is 3.62. The number of aromatic nitrogens is 2. The normalized spacial score (nSPS) is 17.3. The third-order valence-electron chi connectivity index (χ3n) is 4.73. The number of aryl methyl sites for hydroxylation is 1. The maximum atomic E-state index is 12.2. The summed E-state index contributed by atoms with van der Waals surface area (Å²) < 4.78 is 7.39. The van der Waals surface area contributed by atoms with Crippen LogP contribution < -0.4 is 10.5 Å². The molecule has 0 amide bonds. The molecule has 0 atom stereocenters. The van der Waals surface area contributed by atoms with Crippen LogP contribution in [0.15, 0.2) is 15.4 Å². The number of rotatable bonds is 1. The molecule has 0 N–H and O–H groups in total. The van der Waals surface area contributed by atoms with Gasteiger partial charge in [0.2, 0.25) is 0 Å². The van der Waals surface area contributed by atoms with Crippen molar-refractivity contribution >= 4 is 17.3 Å². The van der Waals surface area contributed by atoms with Crippen LogP contribution in [0.25, 0.3) is 11.3 Å². The molecule has 2 aromatic heterocycles. The SMILES string of the molecule is Cn1ncc2c1CCc1c-2oc(=O)c(Cl)c1N1CCCCC1. The summed E-state index contributed by atoms with van der Waals surface area (Å²) in [6.07, 6.45) is 7.03. The van der Waals surface area contributed by atoms with Crippen LogP contribution in [0.3, 0.4) is 0 Å². The minimum atomic E-state index is -0.447. The highest BCUT2D eigenvalue weighted by Crippen LogP contribution is 2.40. The number of hydrogen-bond acceptors (Lipinski definition) is 4. The second-order valence-electron chi connectivity index (χ2n) is 6.04. The van der Waals surface area contributed by atoms with E-state index < -0.39 is 5.63 Å². The lowest BCUT2D eigenvalue weighted by molar-refractivity contribution is 0.509. The molecule has 0 unspecified atom stereocenters. The highest BCUT2D eigenvalue weighted by atomic mass is 35.5. The summed E-state index contributed by atoms with van der Waals surface area (Å²) in [6, 6.07) is 0. The fourth-order valence-corrected chi connectivity index (χ4v) is 3.90. The molecule has 3 heterocycles. The molecule has 2 aromatic rings. The van der Waals surface area contributed by atoms with Gasteiger partial charge in [0.15, 0.2) is 0 Å². The lowest BCUT2D eigenvalue weighted by atomic mass is 9.93. The molecule has 116 valence electrons.